The summed E-state index contributed by atoms with van der Waals surface area (Å²) >= 11 is 0. The van der Waals surface area contributed by atoms with Crippen molar-refractivity contribution in [1.29, 1.82) is 0 Å². The fourth-order valence-electron chi connectivity index (χ4n) is 4.83. The molecule has 2 amide bonds. The van der Waals surface area contributed by atoms with Gasteiger partial charge in [-0.05, 0) is 31.2 Å². The van der Waals surface area contributed by atoms with Crippen LogP contribution in [0.15, 0.2) is 30.3 Å². The molecule has 0 saturated carbocycles. The lowest BCUT2D eigenvalue weighted by Crippen LogP contribution is -2.50. The molecule has 1 spiro atoms. The number of likely N-dealkylation sites (N-methyl/N-ethyl adjacent to an activating group) is 1. The molecule has 25 heavy (non-hydrogen) atoms. The van der Waals surface area contributed by atoms with Gasteiger partial charge in [0.1, 0.15) is 6.10 Å². The number of hydrogen-bond acceptors (Lipinski definition) is 3. The van der Waals surface area contributed by atoms with E-state index in [1.165, 1.54) is 5.56 Å². The minimum Gasteiger partial charge on any atom is -0.368 e. The van der Waals surface area contributed by atoms with E-state index in [0.717, 1.165) is 32.2 Å². The van der Waals surface area contributed by atoms with Gasteiger partial charge < -0.3 is 14.5 Å². The summed E-state index contributed by atoms with van der Waals surface area (Å²) < 4.78 is 5.55. The Hall–Kier alpha value is -1.88. The molecule has 0 radical (unpaired) electrons. The van der Waals surface area contributed by atoms with Crippen LogP contribution >= 0.6 is 0 Å². The third-order valence-corrected chi connectivity index (χ3v) is 6.27. The monoisotopic (exact) mass is 342 g/mol. The topological polar surface area (TPSA) is 49.9 Å². The quantitative estimate of drug-likeness (QED) is 0.826. The minimum atomic E-state index is -0.358. The summed E-state index contributed by atoms with van der Waals surface area (Å²) in [5.41, 5.74) is 0.878. The molecule has 3 aliphatic rings. The summed E-state index contributed by atoms with van der Waals surface area (Å²) in [5, 5.41) is 0. The molecule has 4 rings (SSSR count). The van der Waals surface area contributed by atoms with Gasteiger partial charge in [-0.15, -0.1) is 0 Å². The second-order valence-corrected chi connectivity index (χ2v) is 7.63. The summed E-state index contributed by atoms with van der Waals surface area (Å²) in [5.74, 6) is 0.569. The van der Waals surface area contributed by atoms with Crippen LogP contribution in [0.3, 0.4) is 0 Å². The lowest BCUT2D eigenvalue weighted by Gasteiger charge is -2.41. The zero-order valence-corrected chi connectivity index (χ0v) is 14.8. The van der Waals surface area contributed by atoms with E-state index >= 15 is 0 Å². The van der Waals surface area contributed by atoms with Gasteiger partial charge in [-0.25, -0.2) is 0 Å². The molecule has 3 saturated heterocycles. The van der Waals surface area contributed by atoms with Gasteiger partial charge in [-0.3, -0.25) is 9.59 Å². The third-order valence-electron chi connectivity index (χ3n) is 6.27. The van der Waals surface area contributed by atoms with Crippen molar-refractivity contribution in [3.8, 4) is 0 Å². The maximum atomic E-state index is 13.0. The van der Waals surface area contributed by atoms with Gasteiger partial charge in [-0.2, -0.15) is 0 Å². The van der Waals surface area contributed by atoms with Crippen LogP contribution in [0.2, 0.25) is 0 Å². The molecule has 0 aliphatic carbocycles. The molecule has 5 nitrogen and oxygen atoms in total. The molecule has 2 atom stereocenters. The Kier molecular flexibility index (Phi) is 4.28. The molecule has 0 aromatic heterocycles. The Bertz CT molecular complexity index is 646. The number of nitrogens with zero attached hydrogens (tertiary/aromatic N) is 2. The Morgan fingerprint density at radius 1 is 1.20 bits per heavy atom. The number of likely N-dealkylation sites (tertiary alicyclic amines) is 2. The van der Waals surface area contributed by atoms with E-state index in [2.05, 4.69) is 12.1 Å². The van der Waals surface area contributed by atoms with Crippen molar-refractivity contribution in [1.82, 2.24) is 9.80 Å². The molecule has 1 aromatic carbocycles. The fraction of sp³-hybridized carbons (Fsp3) is 0.600. The van der Waals surface area contributed by atoms with Crippen molar-refractivity contribution in [3.63, 3.8) is 0 Å². The number of hydrogen-bond donors (Lipinski definition) is 0. The van der Waals surface area contributed by atoms with Crippen molar-refractivity contribution in [2.75, 3.05) is 33.3 Å². The van der Waals surface area contributed by atoms with E-state index in [4.69, 9.17) is 4.74 Å². The van der Waals surface area contributed by atoms with Gasteiger partial charge >= 0.3 is 0 Å². The second-order valence-electron chi connectivity index (χ2n) is 7.63. The van der Waals surface area contributed by atoms with Gasteiger partial charge in [0.15, 0.2) is 0 Å². The molecular formula is C20H26N2O3. The SMILES string of the molecule is CN1CC(c2ccccc2)C2(CCN(C(=O)[C@H]3CCCO3)CC2)C1=O. The predicted octanol–water partition coefficient (Wildman–Crippen LogP) is 2.03. The number of benzene rings is 1. The van der Waals surface area contributed by atoms with Crippen LogP contribution in [0.4, 0.5) is 0 Å². The maximum Gasteiger partial charge on any atom is 0.251 e. The first-order valence-corrected chi connectivity index (χ1v) is 9.33. The molecule has 3 fully saturated rings. The molecule has 3 heterocycles. The highest BCUT2D eigenvalue weighted by molar-refractivity contribution is 5.87. The minimum absolute atomic E-state index is 0.113. The first-order chi connectivity index (χ1) is 12.1. The summed E-state index contributed by atoms with van der Waals surface area (Å²) in [6.07, 6.45) is 3.02. The van der Waals surface area contributed by atoms with Crippen LogP contribution in [-0.4, -0.2) is 61.0 Å². The maximum absolute atomic E-state index is 13.0. The molecule has 5 heteroatoms. The van der Waals surface area contributed by atoms with E-state index < -0.39 is 0 Å². The largest absolute Gasteiger partial charge is 0.368 e. The van der Waals surface area contributed by atoms with Crippen molar-refractivity contribution in [2.45, 2.75) is 37.7 Å². The van der Waals surface area contributed by atoms with Crippen LogP contribution in [0, 0.1) is 5.41 Å². The Morgan fingerprint density at radius 2 is 1.92 bits per heavy atom. The van der Waals surface area contributed by atoms with Crippen LogP contribution < -0.4 is 0 Å². The first-order valence-electron chi connectivity index (χ1n) is 9.33. The molecular weight excluding hydrogens is 316 g/mol. The molecule has 1 unspecified atom stereocenters. The normalized spacial score (nSPS) is 28.8. The van der Waals surface area contributed by atoms with E-state index in [1.807, 2.05) is 35.0 Å². The van der Waals surface area contributed by atoms with Crippen molar-refractivity contribution in [2.24, 2.45) is 5.41 Å². The lowest BCUT2D eigenvalue weighted by molar-refractivity contribution is -0.147. The van der Waals surface area contributed by atoms with Gasteiger partial charge in [0.05, 0.1) is 5.41 Å². The van der Waals surface area contributed by atoms with Crippen LogP contribution in [0.1, 0.15) is 37.2 Å². The highest BCUT2D eigenvalue weighted by Crippen LogP contribution is 2.50. The van der Waals surface area contributed by atoms with E-state index in [0.29, 0.717) is 19.7 Å². The highest BCUT2D eigenvalue weighted by Gasteiger charge is 2.54. The van der Waals surface area contributed by atoms with Gasteiger partial charge in [0.25, 0.3) is 5.91 Å². The zero-order valence-electron chi connectivity index (χ0n) is 14.8. The number of ether oxygens (including phenoxy) is 1. The molecule has 134 valence electrons. The molecule has 3 aliphatic heterocycles. The van der Waals surface area contributed by atoms with Crippen molar-refractivity contribution in [3.05, 3.63) is 35.9 Å². The summed E-state index contributed by atoms with van der Waals surface area (Å²) in [6, 6.07) is 10.4. The molecule has 1 aromatic rings. The van der Waals surface area contributed by atoms with Crippen LogP contribution in [0.25, 0.3) is 0 Å². The number of carbonyl (C=O) groups is 2. The third kappa shape index (κ3) is 2.74. The van der Waals surface area contributed by atoms with Gasteiger partial charge in [0, 0.05) is 39.2 Å². The standard InChI is InChI=1S/C20H26N2O3/c1-21-14-16(15-6-3-2-4-7-15)20(19(21)24)9-11-22(12-10-20)18(23)17-8-5-13-25-17/h2-4,6-7,16-17H,5,8-14H2,1H3/t16?,17-/m1/s1. The van der Waals surface area contributed by atoms with Crippen molar-refractivity contribution < 1.29 is 14.3 Å². The molecule has 0 N–H and O–H groups in total. The first kappa shape index (κ1) is 16.6. The van der Waals surface area contributed by atoms with Crippen LogP contribution in [0.5, 0.6) is 0 Å². The lowest BCUT2D eigenvalue weighted by atomic mass is 9.68. The Balaban J connectivity index is 1.52. The summed E-state index contributed by atoms with van der Waals surface area (Å²) in [7, 11) is 1.90. The summed E-state index contributed by atoms with van der Waals surface area (Å²) in [6.45, 7) is 2.76. The number of amides is 2. The number of rotatable bonds is 2. The van der Waals surface area contributed by atoms with Gasteiger partial charge in [-0.1, -0.05) is 30.3 Å². The highest BCUT2D eigenvalue weighted by atomic mass is 16.5. The van der Waals surface area contributed by atoms with E-state index in [-0.39, 0.29) is 29.3 Å². The van der Waals surface area contributed by atoms with Crippen LogP contribution in [-0.2, 0) is 14.3 Å². The smallest absolute Gasteiger partial charge is 0.251 e. The summed E-state index contributed by atoms with van der Waals surface area (Å²) in [4.78, 5) is 29.4. The van der Waals surface area contributed by atoms with Gasteiger partial charge in [0.2, 0.25) is 5.91 Å². The average molecular weight is 342 g/mol. The molecule has 0 bridgehead atoms. The predicted molar refractivity (Wildman–Crippen MR) is 94.0 cm³/mol. The second kappa shape index (κ2) is 6.45. The Labute approximate surface area is 148 Å². The fourth-order valence-corrected chi connectivity index (χ4v) is 4.83. The van der Waals surface area contributed by atoms with Crippen molar-refractivity contribution >= 4 is 11.8 Å². The van der Waals surface area contributed by atoms with E-state index in [1.54, 1.807) is 0 Å². The Morgan fingerprint density at radius 3 is 2.56 bits per heavy atom. The number of carbonyl (C=O) groups excluding carboxylic acids is 2. The number of piperidine rings is 1. The van der Waals surface area contributed by atoms with E-state index in [9.17, 15) is 9.59 Å². The zero-order chi connectivity index (χ0) is 17.4. The average Bonchev–Trinajstić information content (AvgIpc) is 3.27.